The quantitative estimate of drug-likeness (QED) is 0.361. The van der Waals surface area contributed by atoms with E-state index in [2.05, 4.69) is 21.1 Å². The van der Waals surface area contributed by atoms with Crippen LogP contribution in [0, 0.1) is 0 Å². The number of ether oxygens (including phenoxy) is 2. The van der Waals surface area contributed by atoms with Gasteiger partial charge in [-0.3, -0.25) is 20.4 Å². The highest BCUT2D eigenvalue weighted by Crippen LogP contribution is 2.23. The van der Waals surface area contributed by atoms with Gasteiger partial charge in [-0.2, -0.15) is 10.2 Å². The lowest BCUT2D eigenvalue weighted by Gasteiger charge is -2.07. The van der Waals surface area contributed by atoms with Crippen LogP contribution in [0.15, 0.2) is 92.6 Å². The lowest BCUT2D eigenvalue weighted by Crippen LogP contribution is -2.48. The molecule has 4 aromatic rings. The van der Waals surface area contributed by atoms with E-state index in [1.165, 1.54) is 14.2 Å². The molecule has 0 aliphatic rings. The molecule has 0 unspecified atom stereocenters. The summed E-state index contributed by atoms with van der Waals surface area (Å²) in [6.07, 6.45) is 0. The molecule has 160 valence electrons. The fraction of sp³-hybridized carbons (Fsp3) is 0.0833. The molecule has 32 heavy (non-hydrogen) atoms. The van der Waals surface area contributed by atoms with Crippen molar-refractivity contribution in [2.24, 2.45) is 10.2 Å². The maximum absolute atomic E-state index is 12.9. The van der Waals surface area contributed by atoms with Crippen molar-refractivity contribution < 1.29 is 9.47 Å². The second-order valence-corrected chi connectivity index (χ2v) is 6.75. The molecule has 0 spiro atoms. The Morgan fingerprint density at radius 1 is 0.594 bits per heavy atom. The van der Waals surface area contributed by atoms with Crippen LogP contribution < -0.4 is 41.9 Å². The number of hydrogen-bond acceptors (Lipinski definition) is 8. The number of methoxy groups -OCH3 is 2. The van der Waals surface area contributed by atoms with Gasteiger partial charge in [0, 0.05) is 10.8 Å². The van der Waals surface area contributed by atoms with Gasteiger partial charge in [-0.15, -0.1) is 0 Å². The Balaban J connectivity index is 1.87. The number of para-hydroxylation sites is 4. The topological polar surface area (TPSA) is 101 Å². The fourth-order valence-corrected chi connectivity index (χ4v) is 3.28. The molecule has 4 rings (SSSR count). The monoisotopic (exact) mass is 428 g/mol. The molecule has 0 saturated heterocycles. The van der Waals surface area contributed by atoms with Gasteiger partial charge in [0.15, 0.2) is 0 Å². The van der Waals surface area contributed by atoms with Crippen LogP contribution in [0.4, 0.5) is 11.4 Å². The Bertz CT molecular complexity index is 1390. The van der Waals surface area contributed by atoms with Gasteiger partial charge in [-0.25, -0.2) is 0 Å². The molecule has 2 N–H and O–H groups in total. The largest absolute Gasteiger partial charge is 0.495 e. The highest BCUT2D eigenvalue weighted by molar-refractivity contribution is 5.81. The van der Waals surface area contributed by atoms with Crippen molar-refractivity contribution in [3.8, 4) is 11.5 Å². The number of rotatable bonds is 6. The Labute approximate surface area is 182 Å². The average Bonchev–Trinajstić information content (AvgIpc) is 2.84. The molecule has 0 aromatic heterocycles. The summed E-state index contributed by atoms with van der Waals surface area (Å²) in [6, 6.07) is 21.3. The summed E-state index contributed by atoms with van der Waals surface area (Å²) in [6.45, 7) is 0. The summed E-state index contributed by atoms with van der Waals surface area (Å²) in [5.74, 6) is 1.12. The minimum absolute atomic E-state index is 0.00717. The lowest BCUT2D eigenvalue weighted by atomic mass is 10.1. The van der Waals surface area contributed by atoms with Crippen molar-refractivity contribution in [3.05, 3.63) is 104 Å². The zero-order chi connectivity index (χ0) is 22.5. The van der Waals surface area contributed by atoms with E-state index in [9.17, 15) is 9.59 Å². The second kappa shape index (κ2) is 9.13. The van der Waals surface area contributed by atoms with Gasteiger partial charge >= 0.3 is 0 Å². The molecule has 0 aliphatic heterocycles. The predicted molar refractivity (Wildman–Crippen MR) is 123 cm³/mol. The van der Waals surface area contributed by atoms with E-state index in [1.807, 2.05) is 12.1 Å². The minimum Gasteiger partial charge on any atom is -0.495 e. The van der Waals surface area contributed by atoms with Crippen LogP contribution in [0.25, 0.3) is 10.8 Å². The van der Waals surface area contributed by atoms with E-state index in [1.54, 1.807) is 60.7 Å². The first-order valence-electron chi connectivity index (χ1n) is 9.76. The molecule has 0 heterocycles. The van der Waals surface area contributed by atoms with Crippen molar-refractivity contribution in [1.82, 2.24) is 0 Å². The van der Waals surface area contributed by atoms with Crippen molar-refractivity contribution in [2.75, 3.05) is 25.1 Å². The molecule has 0 fully saturated rings. The Hall–Kier alpha value is -4.46. The van der Waals surface area contributed by atoms with E-state index in [4.69, 9.17) is 9.47 Å². The zero-order valence-corrected chi connectivity index (χ0v) is 17.5. The number of nitrogens with one attached hydrogen (secondary N) is 2. The lowest BCUT2D eigenvalue weighted by molar-refractivity contribution is 0.416. The summed E-state index contributed by atoms with van der Waals surface area (Å²) in [5, 5.41) is 9.49. The first kappa shape index (κ1) is 20.8. The smallest absolute Gasteiger partial charge is 0.256 e. The molecule has 8 nitrogen and oxygen atoms in total. The Morgan fingerprint density at radius 2 is 0.969 bits per heavy atom. The number of benzene rings is 4. The number of anilines is 2. The van der Waals surface area contributed by atoms with Gasteiger partial charge in [0.2, 0.25) is 0 Å². The molecule has 0 saturated carbocycles. The highest BCUT2D eigenvalue weighted by Gasteiger charge is 2.11. The molecule has 0 bridgehead atoms. The van der Waals surface area contributed by atoms with Crippen LogP contribution in [-0.2, 0) is 0 Å². The van der Waals surface area contributed by atoms with E-state index in [-0.39, 0.29) is 10.7 Å². The third-order valence-corrected chi connectivity index (χ3v) is 4.86. The summed E-state index contributed by atoms with van der Waals surface area (Å²) < 4.78 is 10.6. The van der Waals surface area contributed by atoms with Crippen LogP contribution >= 0.6 is 0 Å². The first-order valence-corrected chi connectivity index (χ1v) is 9.76. The van der Waals surface area contributed by atoms with Crippen LogP contribution in [0.5, 0.6) is 11.5 Å². The van der Waals surface area contributed by atoms with Crippen molar-refractivity contribution >= 4 is 22.1 Å². The molecule has 0 aliphatic carbocycles. The van der Waals surface area contributed by atoms with Crippen molar-refractivity contribution in [1.29, 1.82) is 0 Å². The van der Waals surface area contributed by atoms with Crippen LogP contribution in [0.3, 0.4) is 0 Å². The minimum atomic E-state index is -0.758. The standard InChI is InChI=1S/C24H20N4O4/c1-31-19-13-7-5-11-17(19)25-27-21-15-9-3-4-10-16(15)22(24(30)23(21)29)28-26-18-12-6-8-14-20(18)32-2/h3-14,25-26H,1-2H3/b27-21-,28-22-. The summed E-state index contributed by atoms with van der Waals surface area (Å²) in [4.78, 5) is 25.8. The molecule has 0 atom stereocenters. The van der Waals surface area contributed by atoms with E-state index in [0.717, 1.165) is 0 Å². The number of nitrogens with zero attached hydrogens (tertiary/aromatic N) is 2. The molecule has 8 heteroatoms. The number of fused-ring (bicyclic) bond motifs is 1. The Morgan fingerprint density at radius 3 is 1.38 bits per heavy atom. The van der Waals surface area contributed by atoms with Gasteiger partial charge in [0.05, 0.1) is 25.6 Å². The number of hydrogen-bond donors (Lipinski definition) is 2. The molecule has 0 radical (unpaired) electrons. The van der Waals surface area contributed by atoms with Crippen LogP contribution in [-0.4, -0.2) is 14.2 Å². The van der Waals surface area contributed by atoms with Crippen LogP contribution in [0.1, 0.15) is 0 Å². The average molecular weight is 428 g/mol. The van der Waals surface area contributed by atoms with Crippen molar-refractivity contribution in [2.45, 2.75) is 0 Å². The normalized spacial score (nSPS) is 12.1. The molecule has 0 amide bonds. The third kappa shape index (κ3) is 3.93. The van der Waals surface area contributed by atoms with Gasteiger partial charge < -0.3 is 9.47 Å². The van der Waals surface area contributed by atoms with Crippen LogP contribution in [0.2, 0.25) is 0 Å². The van der Waals surface area contributed by atoms with Crippen molar-refractivity contribution in [3.63, 3.8) is 0 Å². The zero-order valence-electron chi connectivity index (χ0n) is 17.5. The maximum atomic E-state index is 12.9. The van der Waals surface area contributed by atoms with Gasteiger partial charge in [-0.1, -0.05) is 48.5 Å². The summed E-state index contributed by atoms with van der Waals surface area (Å²) in [5.41, 5.74) is 5.28. The van der Waals surface area contributed by atoms with Gasteiger partial charge in [-0.05, 0) is 24.3 Å². The van der Waals surface area contributed by atoms with Gasteiger partial charge in [0.25, 0.3) is 10.9 Å². The van der Waals surface area contributed by atoms with E-state index in [0.29, 0.717) is 33.6 Å². The van der Waals surface area contributed by atoms with Gasteiger partial charge in [0.1, 0.15) is 22.2 Å². The summed E-state index contributed by atoms with van der Waals surface area (Å²) >= 11 is 0. The second-order valence-electron chi connectivity index (χ2n) is 6.75. The first-order chi connectivity index (χ1) is 15.6. The highest BCUT2D eigenvalue weighted by atomic mass is 16.5. The Kier molecular flexibility index (Phi) is 5.94. The summed E-state index contributed by atoms with van der Waals surface area (Å²) in [7, 11) is 3.07. The predicted octanol–water partition coefficient (Wildman–Crippen LogP) is 2.31. The van der Waals surface area contributed by atoms with E-state index >= 15 is 0 Å². The molecular weight excluding hydrogens is 408 g/mol. The fourth-order valence-electron chi connectivity index (χ4n) is 3.28. The SMILES string of the molecule is COc1ccccc1N/N=c1\c(=O)c(=O)/c(=N\Nc2ccccc2OC)c2ccccc12. The van der Waals surface area contributed by atoms with E-state index < -0.39 is 10.9 Å². The molecular formula is C24H20N4O4. The third-order valence-electron chi connectivity index (χ3n) is 4.86. The maximum Gasteiger partial charge on any atom is 0.256 e. The molecule has 4 aromatic carbocycles.